The van der Waals surface area contributed by atoms with Crippen molar-refractivity contribution in [1.82, 2.24) is 14.3 Å². The first-order valence-corrected chi connectivity index (χ1v) is 8.03. The number of thiazole rings is 1. The van der Waals surface area contributed by atoms with Gasteiger partial charge in [-0.05, 0) is 6.42 Å². The van der Waals surface area contributed by atoms with Crippen LogP contribution in [-0.4, -0.2) is 32.8 Å². The van der Waals surface area contributed by atoms with Crippen molar-refractivity contribution in [3.63, 3.8) is 0 Å². The second kappa shape index (κ2) is 5.81. The molecule has 1 atom stereocenters. The fraction of sp³-hybridized carbons (Fsp3) is 0.400. The van der Waals surface area contributed by atoms with E-state index in [9.17, 15) is 9.59 Å². The Hall–Kier alpha value is -1.95. The molecule has 21 heavy (non-hydrogen) atoms. The lowest BCUT2D eigenvalue weighted by molar-refractivity contribution is 0.0741. The lowest BCUT2D eigenvalue weighted by atomic mass is 10.1. The molecule has 110 valence electrons. The second-order valence-corrected chi connectivity index (χ2v) is 6.00. The summed E-state index contributed by atoms with van der Waals surface area (Å²) in [7, 11) is 0. The summed E-state index contributed by atoms with van der Waals surface area (Å²) in [4.78, 5) is 31.6. The highest BCUT2D eigenvalue weighted by Crippen LogP contribution is 2.18. The number of fused-ring (bicyclic) bond motifs is 1. The van der Waals surface area contributed by atoms with Crippen molar-refractivity contribution in [2.45, 2.75) is 32.2 Å². The minimum Gasteiger partial charge on any atom is -0.328 e. The molecule has 0 aromatic carbocycles. The highest BCUT2D eigenvalue weighted by atomic mass is 32.1. The Balaban J connectivity index is 1.89. The normalized spacial score (nSPS) is 17.8. The van der Waals surface area contributed by atoms with Crippen LogP contribution >= 0.6 is 11.3 Å². The number of unbranched alkanes of at least 4 members (excludes halogenated alkanes) is 1. The maximum atomic E-state index is 12.6. The number of aromatic nitrogens is 2. The van der Waals surface area contributed by atoms with Crippen molar-refractivity contribution < 1.29 is 4.79 Å². The zero-order valence-corrected chi connectivity index (χ0v) is 12.7. The third kappa shape index (κ3) is 2.51. The molecule has 0 saturated carbocycles. The molecule has 6 heteroatoms. The molecule has 5 nitrogen and oxygen atoms in total. The molecule has 0 N–H and O–H groups in total. The molecule has 2 aromatic heterocycles. The van der Waals surface area contributed by atoms with Crippen LogP contribution in [0.3, 0.4) is 0 Å². The molecule has 0 bridgehead atoms. The van der Waals surface area contributed by atoms with Crippen molar-refractivity contribution in [3.05, 3.63) is 45.8 Å². The van der Waals surface area contributed by atoms with Gasteiger partial charge in [0.15, 0.2) is 4.96 Å². The molecule has 3 rings (SSSR count). The molecule has 0 unspecified atom stereocenters. The molecule has 1 aliphatic heterocycles. The summed E-state index contributed by atoms with van der Waals surface area (Å²) in [5.74, 6) is -0.223. The Labute approximate surface area is 126 Å². The van der Waals surface area contributed by atoms with Crippen molar-refractivity contribution in [2.75, 3.05) is 6.54 Å². The van der Waals surface area contributed by atoms with E-state index in [1.54, 1.807) is 16.5 Å². The van der Waals surface area contributed by atoms with Gasteiger partial charge in [-0.25, -0.2) is 4.98 Å². The summed E-state index contributed by atoms with van der Waals surface area (Å²) < 4.78 is 1.43. The average molecular weight is 303 g/mol. The van der Waals surface area contributed by atoms with Crippen LogP contribution in [0.4, 0.5) is 0 Å². The molecule has 1 amide bonds. The minimum atomic E-state index is -0.285. The highest BCUT2D eigenvalue weighted by Gasteiger charge is 2.27. The molecular formula is C15H17N3O2S. The monoisotopic (exact) mass is 303 g/mol. The van der Waals surface area contributed by atoms with Crippen LogP contribution in [0.1, 0.15) is 36.5 Å². The van der Waals surface area contributed by atoms with Crippen molar-refractivity contribution >= 4 is 22.2 Å². The summed E-state index contributed by atoms with van der Waals surface area (Å²) in [5, 5.41) is 1.79. The Morgan fingerprint density at radius 3 is 3.19 bits per heavy atom. The van der Waals surface area contributed by atoms with Crippen LogP contribution in [0, 0.1) is 0 Å². The minimum absolute atomic E-state index is 0.0972. The van der Waals surface area contributed by atoms with Gasteiger partial charge in [0.1, 0.15) is 5.56 Å². The molecule has 0 radical (unpaired) electrons. The van der Waals surface area contributed by atoms with Crippen molar-refractivity contribution in [2.24, 2.45) is 0 Å². The molecule has 0 fully saturated rings. The van der Waals surface area contributed by atoms with Gasteiger partial charge >= 0.3 is 0 Å². The molecule has 3 heterocycles. The first-order valence-electron chi connectivity index (χ1n) is 7.15. The smallest absolute Gasteiger partial charge is 0.271 e. The second-order valence-electron chi connectivity index (χ2n) is 5.13. The fourth-order valence-corrected chi connectivity index (χ4v) is 3.27. The topological polar surface area (TPSA) is 54.7 Å². The summed E-state index contributed by atoms with van der Waals surface area (Å²) in [6.45, 7) is 2.70. The number of amides is 1. The van der Waals surface area contributed by atoms with Gasteiger partial charge in [0.25, 0.3) is 11.5 Å². The van der Waals surface area contributed by atoms with E-state index in [-0.39, 0.29) is 23.1 Å². The van der Waals surface area contributed by atoms with Crippen LogP contribution in [0.15, 0.2) is 34.7 Å². The van der Waals surface area contributed by atoms with E-state index in [1.165, 1.54) is 21.9 Å². The Morgan fingerprint density at radius 2 is 2.38 bits per heavy atom. The first kappa shape index (κ1) is 14.0. The fourth-order valence-electron chi connectivity index (χ4n) is 2.60. The molecule has 0 saturated heterocycles. The van der Waals surface area contributed by atoms with Crippen molar-refractivity contribution in [1.29, 1.82) is 0 Å². The molecule has 1 aliphatic rings. The van der Waals surface area contributed by atoms with Crippen LogP contribution in [0.25, 0.3) is 4.96 Å². The van der Waals surface area contributed by atoms with Crippen LogP contribution in [-0.2, 0) is 0 Å². The maximum Gasteiger partial charge on any atom is 0.271 e. The van der Waals surface area contributed by atoms with Crippen LogP contribution in [0.5, 0.6) is 0 Å². The van der Waals surface area contributed by atoms with Gasteiger partial charge in [-0.15, -0.1) is 11.3 Å². The Bertz CT molecular complexity index is 747. The predicted molar refractivity (Wildman–Crippen MR) is 82.8 cm³/mol. The third-order valence-electron chi connectivity index (χ3n) is 3.75. The highest BCUT2D eigenvalue weighted by molar-refractivity contribution is 7.15. The Morgan fingerprint density at radius 1 is 1.52 bits per heavy atom. The third-order valence-corrected chi connectivity index (χ3v) is 4.52. The van der Waals surface area contributed by atoms with Gasteiger partial charge in [-0.3, -0.25) is 14.0 Å². The Kier molecular flexibility index (Phi) is 3.88. The lowest BCUT2D eigenvalue weighted by Crippen LogP contribution is -2.39. The van der Waals surface area contributed by atoms with Gasteiger partial charge in [0, 0.05) is 24.3 Å². The maximum absolute atomic E-state index is 12.6. The number of hydrogen-bond donors (Lipinski definition) is 0. The first-order chi connectivity index (χ1) is 10.2. The lowest BCUT2D eigenvalue weighted by Gasteiger charge is -2.24. The van der Waals surface area contributed by atoms with Crippen LogP contribution in [0.2, 0.25) is 0 Å². The zero-order chi connectivity index (χ0) is 14.8. The number of carbonyl (C=O) groups is 1. The van der Waals surface area contributed by atoms with E-state index in [1.807, 2.05) is 6.08 Å². The number of nitrogens with zero attached hydrogens (tertiary/aromatic N) is 3. The van der Waals surface area contributed by atoms with Gasteiger partial charge in [-0.1, -0.05) is 31.9 Å². The van der Waals surface area contributed by atoms with E-state index in [0.29, 0.717) is 11.5 Å². The number of hydrogen-bond acceptors (Lipinski definition) is 4. The van der Waals surface area contributed by atoms with E-state index in [0.717, 1.165) is 19.3 Å². The van der Waals surface area contributed by atoms with Gasteiger partial charge < -0.3 is 4.90 Å². The van der Waals surface area contributed by atoms with Gasteiger partial charge in [0.05, 0.1) is 6.04 Å². The summed E-state index contributed by atoms with van der Waals surface area (Å²) >= 11 is 1.38. The quantitative estimate of drug-likeness (QED) is 0.815. The summed E-state index contributed by atoms with van der Waals surface area (Å²) in [6.07, 6.45) is 10.2. The van der Waals surface area contributed by atoms with E-state index >= 15 is 0 Å². The zero-order valence-electron chi connectivity index (χ0n) is 11.9. The van der Waals surface area contributed by atoms with Gasteiger partial charge in [-0.2, -0.15) is 0 Å². The SMILES string of the molecule is CCCC[C@@H]1C=CCN1C(=O)c1cnc2sccn2c1=O. The standard InChI is InChI=1S/C15H17N3O2S/c1-2-3-5-11-6-4-7-17(11)13(19)12-10-16-15-18(14(12)20)8-9-21-15/h4,6,8-11H,2-3,5,7H2,1H3/t11-/m1/s1. The van der Waals surface area contributed by atoms with E-state index in [4.69, 9.17) is 0 Å². The number of carbonyl (C=O) groups excluding carboxylic acids is 1. The molecule has 0 spiro atoms. The summed E-state index contributed by atoms with van der Waals surface area (Å²) in [6, 6.07) is 0.0972. The summed E-state index contributed by atoms with van der Waals surface area (Å²) in [5.41, 5.74) is -0.136. The molecule has 2 aromatic rings. The van der Waals surface area contributed by atoms with E-state index < -0.39 is 0 Å². The largest absolute Gasteiger partial charge is 0.328 e. The van der Waals surface area contributed by atoms with Crippen LogP contribution < -0.4 is 5.56 Å². The van der Waals surface area contributed by atoms with Gasteiger partial charge in [0.2, 0.25) is 0 Å². The van der Waals surface area contributed by atoms with E-state index in [2.05, 4.69) is 18.0 Å². The molecule has 0 aliphatic carbocycles. The van der Waals surface area contributed by atoms with Crippen molar-refractivity contribution in [3.8, 4) is 0 Å². The molecular weight excluding hydrogens is 286 g/mol. The number of rotatable bonds is 4. The average Bonchev–Trinajstić information content (AvgIpc) is 3.14. The predicted octanol–water partition coefficient (Wildman–Crippen LogP) is 2.33.